The average molecular weight is 362 g/mol. The summed E-state index contributed by atoms with van der Waals surface area (Å²) in [6.45, 7) is 0. The molecule has 2 aromatic rings. The van der Waals surface area contributed by atoms with Crippen molar-refractivity contribution >= 4 is 48.9 Å². The van der Waals surface area contributed by atoms with Gasteiger partial charge in [-0.15, -0.1) is 0 Å². The van der Waals surface area contributed by atoms with Gasteiger partial charge in [-0.25, -0.2) is 8.42 Å². The molecule has 0 atom stereocenters. The molecule has 0 spiro atoms. The topological polar surface area (TPSA) is 72.2 Å². The molecular formula is C12H10BrClN2O2S. The normalized spacial score (nSPS) is 11.3. The Morgan fingerprint density at radius 3 is 2.47 bits per heavy atom. The van der Waals surface area contributed by atoms with Crippen molar-refractivity contribution in [3.05, 3.63) is 52.0 Å². The highest BCUT2D eigenvalue weighted by Gasteiger charge is 2.18. The van der Waals surface area contributed by atoms with Crippen molar-refractivity contribution in [2.75, 3.05) is 10.5 Å². The van der Waals surface area contributed by atoms with Crippen molar-refractivity contribution in [2.45, 2.75) is 4.90 Å². The molecule has 0 unspecified atom stereocenters. The van der Waals surface area contributed by atoms with E-state index >= 15 is 0 Å². The summed E-state index contributed by atoms with van der Waals surface area (Å²) in [7, 11) is -3.76. The summed E-state index contributed by atoms with van der Waals surface area (Å²) in [4.78, 5) is 0.00983. The van der Waals surface area contributed by atoms with Crippen molar-refractivity contribution < 1.29 is 8.42 Å². The number of nitrogens with one attached hydrogen (secondary N) is 1. The summed E-state index contributed by atoms with van der Waals surface area (Å²) < 4.78 is 27.6. The molecule has 0 aliphatic carbocycles. The van der Waals surface area contributed by atoms with Crippen molar-refractivity contribution in [2.24, 2.45) is 0 Å². The molecule has 19 heavy (non-hydrogen) atoms. The monoisotopic (exact) mass is 360 g/mol. The second-order valence-electron chi connectivity index (χ2n) is 3.77. The molecule has 0 amide bonds. The summed E-state index contributed by atoms with van der Waals surface area (Å²) in [5, 5.41) is 0.321. The number of sulfonamides is 1. The van der Waals surface area contributed by atoms with E-state index < -0.39 is 10.0 Å². The minimum absolute atomic E-state index is 0.00983. The lowest BCUT2D eigenvalue weighted by molar-refractivity contribution is 0.601. The molecule has 2 rings (SSSR count). The molecule has 0 aliphatic heterocycles. The van der Waals surface area contributed by atoms with E-state index in [1.807, 2.05) is 0 Å². The van der Waals surface area contributed by atoms with E-state index in [1.54, 1.807) is 30.3 Å². The van der Waals surface area contributed by atoms with Crippen LogP contribution in [0.15, 0.2) is 51.8 Å². The highest BCUT2D eigenvalue weighted by molar-refractivity contribution is 9.10. The van der Waals surface area contributed by atoms with Gasteiger partial charge in [0.1, 0.15) is 4.90 Å². The highest BCUT2D eigenvalue weighted by Crippen LogP contribution is 2.27. The largest absolute Gasteiger partial charge is 0.398 e. The molecule has 0 saturated heterocycles. The van der Waals surface area contributed by atoms with Gasteiger partial charge < -0.3 is 5.73 Å². The number of nitrogens with two attached hydrogens (primary N) is 1. The zero-order valence-corrected chi connectivity index (χ0v) is 12.8. The van der Waals surface area contributed by atoms with Crippen molar-refractivity contribution in [1.82, 2.24) is 0 Å². The fourth-order valence-electron chi connectivity index (χ4n) is 1.51. The summed E-state index contributed by atoms with van der Waals surface area (Å²) in [5.74, 6) is 0. The van der Waals surface area contributed by atoms with Crippen LogP contribution in [0.1, 0.15) is 0 Å². The summed E-state index contributed by atoms with van der Waals surface area (Å²) in [5.41, 5.74) is 6.19. The lowest BCUT2D eigenvalue weighted by Crippen LogP contribution is -2.15. The number of rotatable bonds is 3. The fraction of sp³-hybridized carbons (Fsp3) is 0. The molecule has 100 valence electrons. The van der Waals surface area contributed by atoms with Gasteiger partial charge in [-0.3, -0.25) is 4.72 Å². The maximum Gasteiger partial charge on any atom is 0.263 e. The van der Waals surface area contributed by atoms with E-state index in [-0.39, 0.29) is 10.6 Å². The Kier molecular flexibility index (Phi) is 4.03. The zero-order chi connectivity index (χ0) is 14.0. The Morgan fingerprint density at radius 1 is 1.16 bits per heavy atom. The third kappa shape index (κ3) is 3.20. The van der Waals surface area contributed by atoms with E-state index in [0.29, 0.717) is 15.2 Å². The van der Waals surface area contributed by atoms with Crippen LogP contribution in [0.25, 0.3) is 0 Å². The van der Waals surface area contributed by atoms with E-state index in [4.69, 9.17) is 17.3 Å². The van der Waals surface area contributed by atoms with Crippen molar-refractivity contribution in [3.8, 4) is 0 Å². The third-order valence-electron chi connectivity index (χ3n) is 2.38. The first-order chi connectivity index (χ1) is 8.90. The van der Waals surface area contributed by atoms with Crippen LogP contribution in [0.5, 0.6) is 0 Å². The number of para-hydroxylation sites is 1. The van der Waals surface area contributed by atoms with Crippen LogP contribution < -0.4 is 10.5 Å². The summed E-state index contributed by atoms with van der Waals surface area (Å²) in [6, 6.07) is 11.2. The molecule has 0 aromatic heterocycles. The molecule has 0 heterocycles. The van der Waals surface area contributed by atoms with Crippen LogP contribution in [0.4, 0.5) is 11.4 Å². The first-order valence-electron chi connectivity index (χ1n) is 5.22. The van der Waals surface area contributed by atoms with Crippen molar-refractivity contribution in [1.29, 1.82) is 0 Å². The van der Waals surface area contributed by atoms with Gasteiger partial charge in [-0.05, 0) is 30.3 Å². The van der Waals surface area contributed by atoms with Crippen LogP contribution in [0, 0.1) is 0 Å². The number of halogens is 2. The molecule has 0 radical (unpaired) electrons. The van der Waals surface area contributed by atoms with Gasteiger partial charge >= 0.3 is 0 Å². The van der Waals surface area contributed by atoms with Crippen molar-refractivity contribution in [3.63, 3.8) is 0 Å². The van der Waals surface area contributed by atoms with Gasteiger partial charge in [-0.1, -0.05) is 39.7 Å². The summed E-state index contributed by atoms with van der Waals surface area (Å²) in [6.07, 6.45) is 0. The quantitative estimate of drug-likeness (QED) is 0.822. The highest BCUT2D eigenvalue weighted by atomic mass is 79.9. The Bertz CT molecular complexity index is 719. The molecule has 0 aliphatic rings. The lowest BCUT2D eigenvalue weighted by Gasteiger charge is -2.11. The van der Waals surface area contributed by atoms with Gasteiger partial charge in [0.25, 0.3) is 10.0 Å². The van der Waals surface area contributed by atoms with Crippen LogP contribution in [-0.2, 0) is 10.0 Å². The molecule has 3 N–H and O–H groups in total. The maximum atomic E-state index is 12.2. The molecule has 0 saturated carbocycles. The molecule has 7 heteroatoms. The minimum atomic E-state index is -3.76. The number of hydrogen-bond acceptors (Lipinski definition) is 3. The van der Waals surface area contributed by atoms with Gasteiger partial charge in [0.05, 0.1) is 16.4 Å². The lowest BCUT2D eigenvalue weighted by atomic mass is 10.3. The number of anilines is 2. The van der Waals surface area contributed by atoms with Gasteiger partial charge in [0.15, 0.2) is 0 Å². The van der Waals surface area contributed by atoms with E-state index in [9.17, 15) is 8.42 Å². The Balaban J connectivity index is 2.41. The average Bonchev–Trinajstić information content (AvgIpc) is 2.31. The summed E-state index contributed by atoms with van der Waals surface area (Å²) >= 11 is 9.14. The van der Waals surface area contributed by atoms with Crippen LogP contribution in [-0.4, -0.2) is 8.42 Å². The number of hydrogen-bond donors (Lipinski definition) is 2. The first-order valence-corrected chi connectivity index (χ1v) is 7.88. The Labute approximate surface area is 124 Å². The van der Waals surface area contributed by atoms with E-state index in [2.05, 4.69) is 20.7 Å². The molecule has 0 bridgehead atoms. The van der Waals surface area contributed by atoms with Gasteiger partial charge in [-0.2, -0.15) is 0 Å². The van der Waals surface area contributed by atoms with Crippen LogP contribution in [0.2, 0.25) is 5.02 Å². The van der Waals surface area contributed by atoms with E-state index in [0.717, 1.165) is 0 Å². The third-order valence-corrected chi connectivity index (χ3v) is 4.64. The second kappa shape index (κ2) is 5.40. The van der Waals surface area contributed by atoms with E-state index in [1.165, 1.54) is 12.1 Å². The second-order valence-corrected chi connectivity index (χ2v) is 6.74. The standard InChI is InChI=1S/C12H10BrClN2O2S/c13-8-5-6-12(10(15)7-8)19(17,18)16-11-4-2-1-3-9(11)14/h1-7,16H,15H2. The first kappa shape index (κ1) is 14.2. The predicted molar refractivity (Wildman–Crippen MR) is 80.8 cm³/mol. The zero-order valence-electron chi connectivity index (χ0n) is 9.60. The molecule has 2 aromatic carbocycles. The fourth-order valence-corrected chi connectivity index (χ4v) is 3.32. The van der Waals surface area contributed by atoms with Gasteiger partial charge in [0, 0.05) is 4.47 Å². The Hall–Kier alpha value is -1.24. The Morgan fingerprint density at radius 2 is 1.84 bits per heavy atom. The number of benzene rings is 2. The maximum absolute atomic E-state index is 12.2. The molecule has 0 fully saturated rings. The number of nitrogen functional groups attached to an aromatic ring is 1. The van der Waals surface area contributed by atoms with Gasteiger partial charge in [0.2, 0.25) is 0 Å². The molecule has 4 nitrogen and oxygen atoms in total. The minimum Gasteiger partial charge on any atom is -0.398 e. The smallest absolute Gasteiger partial charge is 0.263 e. The SMILES string of the molecule is Nc1cc(Br)ccc1S(=O)(=O)Nc1ccccc1Cl. The van der Waals surface area contributed by atoms with Crippen LogP contribution >= 0.6 is 27.5 Å². The van der Waals surface area contributed by atoms with Crippen LogP contribution in [0.3, 0.4) is 0 Å². The molecular weight excluding hydrogens is 352 g/mol. The predicted octanol–water partition coefficient (Wildman–Crippen LogP) is 3.49.